The van der Waals surface area contributed by atoms with Crippen LogP contribution in [0.15, 0.2) is 42.7 Å². The van der Waals surface area contributed by atoms with Gasteiger partial charge in [0, 0.05) is 48.0 Å². The number of ether oxygens (including phenoxy) is 1. The van der Waals surface area contributed by atoms with Crippen LogP contribution in [0.2, 0.25) is 0 Å². The van der Waals surface area contributed by atoms with Gasteiger partial charge >= 0.3 is 0 Å². The maximum absolute atomic E-state index is 12.8. The van der Waals surface area contributed by atoms with Crippen molar-refractivity contribution in [1.82, 2.24) is 19.9 Å². The van der Waals surface area contributed by atoms with Crippen LogP contribution in [-0.4, -0.2) is 52.1 Å². The third-order valence-corrected chi connectivity index (χ3v) is 6.66. The number of nitrogens with zero attached hydrogens (tertiary/aromatic N) is 4. The molecule has 7 heteroatoms. The van der Waals surface area contributed by atoms with Gasteiger partial charge in [-0.15, -0.1) is 0 Å². The zero-order valence-corrected chi connectivity index (χ0v) is 19.4. The Balaban J connectivity index is 1.36. The molecule has 3 aromatic rings. The van der Waals surface area contributed by atoms with Gasteiger partial charge in [0.15, 0.2) is 0 Å². The molecule has 0 bridgehead atoms. The van der Waals surface area contributed by atoms with E-state index in [1.165, 1.54) is 11.3 Å². The number of carbonyl (C=O) groups excluding carboxylic acids is 1. The highest BCUT2D eigenvalue weighted by Crippen LogP contribution is 2.38. The molecule has 170 valence electrons. The van der Waals surface area contributed by atoms with E-state index in [1.807, 2.05) is 42.3 Å². The van der Waals surface area contributed by atoms with Crippen molar-refractivity contribution in [2.24, 2.45) is 0 Å². The summed E-state index contributed by atoms with van der Waals surface area (Å²) in [5.41, 5.74) is 7.00. The Labute approximate surface area is 194 Å². The molecule has 1 N–H and O–H groups in total. The number of pyridine rings is 1. The summed E-state index contributed by atoms with van der Waals surface area (Å²) in [6.07, 6.45) is 5.82. The van der Waals surface area contributed by atoms with Crippen LogP contribution in [-0.2, 0) is 16.6 Å². The van der Waals surface area contributed by atoms with Crippen LogP contribution in [0.4, 0.5) is 11.6 Å². The lowest BCUT2D eigenvalue weighted by Gasteiger charge is -2.27. The molecule has 3 heterocycles. The fourth-order valence-electron chi connectivity index (χ4n) is 4.57. The minimum absolute atomic E-state index is 0.0400. The van der Waals surface area contributed by atoms with Gasteiger partial charge in [0.25, 0.3) is 5.91 Å². The van der Waals surface area contributed by atoms with Crippen LogP contribution in [0, 0.1) is 6.92 Å². The maximum Gasteiger partial charge on any atom is 0.254 e. The zero-order valence-electron chi connectivity index (χ0n) is 19.4. The lowest BCUT2D eigenvalue weighted by molar-refractivity contribution is 0.0303. The summed E-state index contributed by atoms with van der Waals surface area (Å²) in [7, 11) is 0. The van der Waals surface area contributed by atoms with Gasteiger partial charge < -0.3 is 15.0 Å². The molecule has 33 heavy (non-hydrogen) atoms. The lowest BCUT2D eigenvalue weighted by Crippen LogP contribution is -2.40. The van der Waals surface area contributed by atoms with Crippen molar-refractivity contribution >= 4 is 17.5 Å². The highest BCUT2D eigenvalue weighted by molar-refractivity contribution is 5.95. The summed E-state index contributed by atoms with van der Waals surface area (Å²) in [5.74, 6) is 0.556. The number of rotatable bonds is 4. The first-order valence-corrected chi connectivity index (χ1v) is 11.5. The minimum atomic E-state index is 0.0400. The van der Waals surface area contributed by atoms with Gasteiger partial charge in [-0.25, -0.2) is 9.97 Å². The number of hydrogen-bond acceptors (Lipinski definition) is 6. The fraction of sp³-hybridized carbons (Fsp3) is 0.385. The molecule has 1 aliphatic carbocycles. The van der Waals surface area contributed by atoms with Crippen molar-refractivity contribution in [2.75, 3.05) is 31.6 Å². The first kappa shape index (κ1) is 21.5. The second-order valence-electron chi connectivity index (χ2n) is 9.43. The summed E-state index contributed by atoms with van der Waals surface area (Å²) in [5, 5.41) is 3.31. The second kappa shape index (κ2) is 8.56. The van der Waals surface area contributed by atoms with Crippen LogP contribution < -0.4 is 5.32 Å². The monoisotopic (exact) mass is 443 g/mol. The number of anilines is 2. The fourth-order valence-corrected chi connectivity index (χ4v) is 4.57. The molecule has 1 aromatic carbocycles. The van der Waals surface area contributed by atoms with Gasteiger partial charge in [0.2, 0.25) is 5.95 Å². The van der Waals surface area contributed by atoms with Crippen LogP contribution in [0.25, 0.3) is 11.3 Å². The average Bonchev–Trinajstić information content (AvgIpc) is 3.14. The van der Waals surface area contributed by atoms with E-state index >= 15 is 0 Å². The third-order valence-electron chi connectivity index (χ3n) is 6.66. The molecule has 2 aromatic heterocycles. The van der Waals surface area contributed by atoms with E-state index in [4.69, 9.17) is 14.7 Å². The molecule has 0 unspecified atom stereocenters. The second-order valence-corrected chi connectivity index (χ2v) is 9.43. The molecule has 2 aliphatic rings. The summed E-state index contributed by atoms with van der Waals surface area (Å²) >= 11 is 0. The first-order valence-electron chi connectivity index (χ1n) is 11.5. The van der Waals surface area contributed by atoms with Gasteiger partial charge in [0.1, 0.15) is 0 Å². The van der Waals surface area contributed by atoms with E-state index in [2.05, 4.69) is 30.2 Å². The Morgan fingerprint density at radius 2 is 1.94 bits per heavy atom. The van der Waals surface area contributed by atoms with Crippen molar-refractivity contribution in [3.05, 3.63) is 65.1 Å². The van der Waals surface area contributed by atoms with Crippen LogP contribution >= 0.6 is 0 Å². The van der Waals surface area contributed by atoms with E-state index in [-0.39, 0.29) is 11.3 Å². The van der Waals surface area contributed by atoms with E-state index in [1.54, 1.807) is 6.20 Å². The SMILES string of the molecule is Cc1cc(C(=O)N2CCOCC2)ccc1Nc1nccc(-c2cnc3c(c2)C(C)(C)CC3)n1. The van der Waals surface area contributed by atoms with Crippen LogP contribution in [0.3, 0.4) is 0 Å². The van der Waals surface area contributed by atoms with Crippen molar-refractivity contribution in [1.29, 1.82) is 0 Å². The Kier molecular flexibility index (Phi) is 5.58. The first-order chi connectivity index (χ1) is 15.9. The standard InChI is InChI=1S/C26H29N5O2/c1-17-14-18(24(32)31-10-12-33-13-11-31)4-5-21(17)29-25-27-9-7-22(30-25)19-15-20-23(28-16-19)6-8-26(20,2)3/h4-5,7,9,14-16H,6,8,10-13H2,1-3H3,(H,27,29,30). The van der Waals surface area contributed by atoms with Crippen molar-refractivity contribution in [2.45, 2.75) is 39.0 Å². The molecule has 7 nitrogen and oxygen atoms in total. The maximum atomic E-state index is 12.8. The van der Waals surface area contributed by atoms with E-state index in [9.17, 15) is 4.79 Å². The molecular formula is C26H29N5O2. The molecule has 1 saturated heterocycles. The zero-order chi connectivity index (χ0) is 23.0. The molecule has 0 saturated carbocycles. The highest BCUT2D eigenvalue weighted by atomic mass is 16.5. The van der Waals surface area contributed by atoms with Gasteiger partial charge in [-0.2, -0.15) is 0 Å². The summed E-state index contributed by atoms with van der Waals surface area (Å²) < 4.78 is 5.35. The number of morpholine rings is 1. The predicted octanol–water partition coefficient (Wildman–Crippen LogP) is 4.29. The molecule has 5 rings (SSSR count). The minimum Gasteiger partial charge on any atom is -0.378 e. The lowest BCUT2D eigenvalue weighted by atomic mass is 9.86. The summed E-state index contributed by atoms with van der Waals surface area (Å²) in [4.78, 5) is 28.4. The Morgan fingerprint density at radius 1 is 1.12 bits per heavy atom. The Morgan fingerprint density at radius 3 is 2.73 bits per heavy atom. The van der Waals surface area contributed by atoms with Gasteiger partial charge in [-0.3, -0.25) is 9.78 Å². The Hall–Kier alpha value is -3.32. The molecule has 0 radical (unpaired) electrons. The number of amides is 1. The number of nitrogens with one attached hydrogen (secondary N) is 1. The van der Waals surface area contributed by atoms with Gasteiger partial charge in [-0.1, -0.05) is 13.8 Å². The van der Waals surface area contributed by atoms with E-state index < -0.39 is 0 Å². The topological polar surface area (TPSA) is 80.2 Å². The molecule has 1 amide bonds. The predicted molar refractivity (Wildman–Crippen MR) is 128 cm³/mol. The van der Waals surface area contributed by atoms with Gasteiger partial charge in [-0.05, 0) is 66.6 Å². The normalized spacial score (nSPS) is 17.0. The van der Waals surface area contributed by atoms with Crippen molar-refractivity contribution < 1.29 is 9.53 Å². The summed E-state index contributed by atoms with van der Waals surface area (Å²) in [6, 6.07) is 9.81. The Bertz CT molecular complexity index is 1200. The molecular weight excluding hydrogens is 414 g/mol. The molecule has 0 spiro atoms. The number of aromatic nitrogens is 3. The highest BCUT2D eigenvalue weighted by Gasteiger charge is 2.31. The number of carbonyl (C=O) groups is 1. The number of hydrogen-bond donors (Lipinski definition) is 1. The van der Waals surface area contributed by atoms with E-state index in [0.29, 0.717) is 37.8 Å². The number of aryl methyl sites for hydroxylation is 2. The van der Waals surface area contributed by atoms with Crippen LogP contribution in [0.5, 0.6) is 0 Å². The third kappa shape index (κ3) is 4.33. The quantitative estimate of drug-likeness (QED) is 0.648. The van der Waals surface area contributed by atoms with Crippen molar-refractivity contribution in [3.63, 3.8) is 0 Å². The molecule has 1 aliphatic heterocycles. The van der Waals surface area contributed by atoms with Gasteiger partial charge in [0.05, 0.1) is 18.9 Å². The van der Waals surface area contributed by atoms with Crippen LogP contribution in [0.1, 0.15) is 47.4 Å². The molecule has 1 fully saturated rings. The number of benzene rings is 1. The smallest absolute Gasteiger partial charge is 0.254 e. The van der Waals surface area contributed by atoms with Crippen molar-refractivity contribution in [3.8, 4) is 11.3 Å². The number of fused-ring (bicyclic) bond motifs is 1. The largest absolute Gasteiger partial charge is 0.378 e. The molecule has 0 atom stereocenters. The van der Waals surface area contributed by atoms with E-state index in [0.717, 1.165) is 35.3 Å². The summed E-state index contributed by atoms with van der Waals surface area (Å²) in [6.45, 7) is 8.97. The average molecular weight is 444 g/mol.